The maximum absolute atomic E-state index is 12.0. The Balaban J connectivity index is 2.71. The number of carbonyl (C=O) groups is 2. The molecular formula is C14H22N2O4. The summed E-state index contributed by atoms with van der Waals surface area (Å²) in [4.78, 5) is 24.2. The standard InChI is InChI=1S/C14H22N2O4/c1-13(2,3)20-12(19)16-8-4-6-14(9-15,10-16)7-5-11(17)18/h4-8,10H2,1-3H3,(H,17,18). The van der Waals surface area contributed by atoms with Crippen LogP contribution in [0.5, 0.6) is 0 Å². The molecule has 1 unspecified atom stereocenters. The summed E-state index contributed by atoms with van der Waals surface area (Å²) in [5.41, 5.74) is -1.35. The highest BCUT2D eigenvalue weighted by molar-refractivity contribution is 5.69. The number of likely N-dealkylation sites (tertiary alicyclic amines) is 1. The van der Waals surface area contributed by atoms with E-state index in [1.54, 1.807) is 20.8 Å². The van der Waals surface area contributed by atoms with Crippen molar-refractivity contribution in [2.24, 2.45) is 5.41 Å². The van der Waals surface area contributed by atoms with Crippen LogP contribution >= 0.6 is 0 Å². The van der Waals surface area contributed by atoms with Crippen LogP contribution in [-0.4, -0.2) is 40.8 Å². The van der Waals surface area contributed by atoms with Crippen molar-refractivity contribution in [2.45, 2.75) is 52.1 Å². The van der Waals surface area contributed by atoms with E-state index in [0.717, 1.165) is 0 Å². The van der Waals surface area contributed by atoms with Crippen LogP contribution in [0.15, 0.2) is 0 Å². The van der Waals surface area contributed by atoms with Crippen LogP contribution in [0.3, 0.4) is 0 Å². The number of rotatable bonds is 3. The molecule has 1 rings (SSSR count). The number of nitriles is 1. The van der Waals surface area contributed by atoms with Gasteiger partial charge >= 0.3 is 12.1 Å². The zero-order valence-electron chi connectivity index (χ0n) is 12.3. The number of piperidine rings is 1. The van der Waals surface area contributed by atoms with Gasteiger partial charge in [0.15, 0.2) is 0 Å². The van der Waals surface area contributed by atoms with E-state index in [2.05, 4.69) is 6.07 Å². The lowest BCUT2D eigenvalue weighted by molar-refractivity contribution is -0.137. The van der Waals surface area contributed by atoms with E-state index in [1.807, 2.05) is 0 Å². The number of hydrogen-bond donors (Lipinski definition) is 1. The average Bonchev–Trinajstić information content (AvgIpc) is 2.34. The van der Waals surface area contributed by atoms with Crippen LogP contribution in [0.4, 0.5) is 4.79 Å². The van der Waals surface area contributed by atoms with E-state index >= 15 is 0 Å². The molecular weight excluding hydrogens is 260 g/mol. The highest BCUT2D eigenvalue weighted by atomic mass is 16.6. The number of ether oxygens (including phenoxy) is 1. The minimum atomic E-state index is -0.922. The molecule has 1 aliphatic rings. The minimum Gasteiger partial charge on any atom is -0.481 e. The molecule has 0 spiro atoms. The molecule has 1 heterocycles. The number of nitrogens with zero attached hydrogens (tertiary/aromatic N) is 2. The summed E-state index contributed by atoms with van der Waals surface area (Å²) < 4.78 is 5.30. The Kier molecular flexibility index (Phi) is 4.98. The molecule has 1 N–H and O–H groups in total. The minimum absolute atomic E-state index is 0.0598. The van der Waals surface area contributed by atoms with Crippen LogP contribution in [0.2, 0.25) is 0 Å². The topological polar surface area (TPSA) is 90.6 Å². The Morgan fingerprint density at radius 3 is 2.60 bits per heavy atom. The van der Waals surface area contributed by atoms with Crippen molar-refractivity contribution < 1.29 is 19.4 Å². The fourth-order valence-corrected chi connectivity index (χ4v) is 2.31. The maximum atomic E-state index is 12.0. The number of amides is 1. The first-order valence-electron chi connectivity index (χ1n) is 6.78. The Bertz CT molecular complexity index is 422. The van der Waals surface area contributed by atoms with Crippen molar-refractivity contribution in [3.63, 3.8) is 0 Å². The van der Waals surface area contributed by atoms with Crippen molar-refractivity contribution in [1.82, 2.24) is 4.90 Å². The normalized spacial score (nSPS) is 23.0. The van der Waals surface area contributed by atoms with Gasteiger partial charge in [-0.2, -0.15) is 5.26 Å². The second-order valence-electron chi connectivity index (χ2n) is 6.29. The van der Waals surface area contributed by atoms with Gasteiger partial charge in [0.25, 0.3) is 0 Å². The van der Waals surface area contributed by atoms with Crippen molar-refractivity contribution in [3.8, 4) is 6.07 Å². The quantitative estimate of drug-likeness (QED) is 0.858. The number of aliphatic carboxylic acids is 1. The summed E-state index contributed by atoms with van der Waals surface area (Å²) in [6, 6.07) is 2.21. The smallest absolute Gasteiger partial charge is 0.410 e. The van der Waals surface area contributed by atoms with E-state index in [4.69, 9.17) is 9.84 Å². The van der Waals surface area contributed by atoms with Crippen molar-refractivity contribution >= 4 is 12.1 Å². The first-order valence-corrected chi connectivity index (χ1v) is 6.78. The third kappa shape index (κ3) is 4.72. The third-order valence-corrected chi connectivity index (χ3v) is 3.28. The highest BCUT2D eigenvalue weighted by Gasteiger charge is 2.38. The van der Waals surface area contributed by atoms with Crippen LogP contribution in [0.25, 0.3) is 0 Å². The molecule has 1 saturated heterocycles. The second kappa shape index (κ2) is 6.12. The lowest BCUT2D eigenvalue weighted by atomic mass is 9.77. The molecule has 0 bridgehead atoms. The third-order valence-electron chi connectivity index (χ3n) is 3.28. The van der Waals surface area contributed by atoms with Gasteiger partial charge in [-0.3, -0.25) is 4.79 Å². The van der Waals surface area contributed by atoms with E-state index in [9.17, 15) is 14.9 Å². The largest absolute Gasteiger partial charge is 0.481 e. The molecule has 0 aliphatic carbocycles. The van der Waals surface area contributed by atoms with Gasteiger partial charge in [-0.05, 0) is 40.0 Å². The second-order valence-corrected chi connectivity index (χ2v) is 6.29. The van der Waals surface area contributed by atoms with Gasteiger partial charge in [-0.1, -0.05) is 0 Å². The predicted octanol–water partition coefficient (Wildman–Crippen LogP) is 2.39. The van der Waals surface area contributed by atoms with E-state index < -0.39 is 23.1 Å². The van der Waals surface area contributed by atoms with Gasteiger partial charge in [0.1, 0.15) is 5.60 Å². The van der Waals surface area contributed by atoms with Crippen LogP contribution in [-0.2, 0) is 9.53 Å². The molecule has 1 aliphatic heterocycles. The lowest BCUT2D eigenvalue weighted by Crippen LogP contribution is -2.47. The highest BCUT2D eigenvalue weighted by Crippen LogP contribution is 2.34. The molecule has 6 heteroatoms. The zero-order chi connectivity index (χ0) is 15.4. The van der Waals surface area contributed by atoms with Crippen LogP contribution in [0, 0.1) is 16.7 Å². The SMILES string of the molecule is CC(C)(C)OC(=O)N1CCCC(C#N)(CCC(=O)O)C1. The monoisotopic (exact) mass is 282 g/mol. The molecule has 0 aromatic carbocycles. The number of carboxylic acids is 1. The summed E-state index contributed by atoms with van der Waals surface area (Å²) in [5, 5.41) is 18.1. The Morgan fingerprint density at radius 2 is 2.10 bits per heavy atom. The Labute approximate surface area is 119 Å². The summed E-state index contributed by atoms with van der Waals surface area (Å²) in [6.07, 6.45) is 1.07. The van der Waals surface area contributed by atoms with E-state index in [0.29, 0.717) is 19.4 Å². The number of carboxylic acid groups (broad SMARTS) is 1. The summed E-state index contributed by atoms with van der Waals surface area (Å²) in [5.74, 6) is -0.922. The van der Waals surface area contributed by atoms with Crippen LogP contribution < -0.4 is 0 Å². The van der Waals surface area contributed by atoms with Crippen molar-refractivity contribution in [2.75, 3.05) is 13.1 Å². The Morgan fingerprint density at radius 1 is 1.45 bits per heavy atom. The molecule has 1 atom stereocenters. The average molecular weight is 282 g/mol. The molecule has 6 nitrogen and oxygen atoms in total. The van der Waals surface area contributed by atoms with Crippen LogP contribution in [0.1, 0.15) is 46.5 Å². The van der Waals surface area contributed by atoms with E-state index in [1.165, 1.54) is 4.90 Å². The van der Waals surface area contributed by atoms with Gasteiger partial charge in [-0.15, -0.1) is 0 Å². The fraction of sp³-hybridized carbons (Fsp3) is 0.786. The molecule has 112 valence electrons. The zero-order valence-corrected chi connectivity index (χ0v) is 12.3. The van der Waals surface area contributed by atoms with Crippen molar-refractivity contribution in [3.05, 3.63) is 0 Å². The van der Waals surface area contributed by atoms with E-state index in [-0.39, 0.29) is 19.4 Å². The van der Waals surface area contributed by atoms with Gasteiger partial charge in [-0.25, -0.2) is 4.79 Å². The number of carbonyl (C=O) groups excluding carboxylic acids is 1. The molecule has 0 aromatic rings. The molecule has 1 amide bonds. The molecule has 0 saturated carbocycles. The molecule has 1 fully saturated rings. The summed E-state index contributed by atoms with van der Waals surface area (Å²) in [6.45, 7) is 6.15. The van der Waals surface area contributed by atoms with Gasteiger partial charge in [0, 0.05) is 19.5 Å². The molecule has 0 aromatic heterocycles. The van der Waals surface area contributed by atoms with Gasteiger partial charge < -0.3 is 14.7 Å². The molecule has 0 radical (unpaired) electrons. The first-order chi connectivity index (χ1) is 9.17. The fourth-order valence-electron chi connectivity index (χ4n) is 2.31. The van der Waals surface area contributed by atoms with Gasteiger partial charge in [0.2, 0.25) is 0 Å². The predicted molar refractivity (Wildman–Crippen MR) is 72.0 cm³/mol. The lowest BCUT2D eigenvalue weighted by Gasteiger charge is -2.38. The first kappa shape index (κ1) is 16.3. The summed E-state index contributed by atoms with van der Waals surface area (Å²) in [7, 11) is 0. The molecule has 20 heavy (non-hydrogen) atoms. The number of hydrogen-bond acceptors (Lipinski definition) is 4. The van der Waals surface area contributed by atoms with Gasteiger partial charge in [0.05, 0.1) is 11.5 Å². The summed E-state index contributed by atoms with van der Waals surface area (Å²) >= 11 is 0. The van der Waals surface area contributed by atoms with Crippen molar-refractivity contribution in [1.29, 1.82) is 5.26 Å². The Hall–Kier alpha value is -1.77. The maximum Gasteiger partial charge on any atom is 0.410 e.